The maximum atomic E-state index is 14.5. The Labute approximate surface area is 152 Å². The third-order valence-corrected chi connectivity index (χ3v) is 6.55. The number of benzene rings is 1. The van der Waals surface area contributed by atoms with Gasteiger partial charge in [-0.1, -0.05) is 6.07 Å². The fraction of sp³-hybridized carbons (Fsp3) is 0.471. The maximum absolute atomic E-state index is 14.5. The zero-order valence-electron chi connectivity index (χ0n) is 14.9. The summed E-state index contributed by atoms with van der Waals surface area (Å²) < 4.78 is 52.8. The summed E-state index contributed by atoms with van der Waals surface area (Å²) in [5.74, 6) is 0.00860. The van der Waals surface area contributed by atoms with Gasteiger partial charge >= 0.3 is 0 Å². The van der Waals surface area contributed by atoms with Crippen molar-refractivity contribution in [1.82, 2.24) is 13.9 Å². The molecule has 2 atom stereocenters. The van der Waals surface area contributed by atoms with E-state index in [2.05, 4.69) is 4.98 Å². The molecule has 0 amide bonds. The minimum Gasteiger partial charge on any atom is -0.496 e. The lowest BCUT2D eigenvalue weighted by molar-refractivity contribution is 0.182. The third-order valence-electron chi connectivity index (χ3n) is 4.59. The molecule has 0 aliphatic carbocycles. The number of imidazole rings is 1. The molecule has 0 bridgehead atoms. The van der Waals surface area contributed by atoms with Gasteiger partial charge in [0.15, 0.2) is 0 Å². The van der Waals surface area contributed by atoms with Gasteiger partial charge in [-0.15, -0.1) is 0 Å². The van der Waals surface area contributed by atoms with E-state index in [0.717, 1.165) is 0 Å². The fourth-order valence-electron chi connectivity index (χ4n) is 3.14. The average Bonchev–Trinajstić information content (AvgIpc) is 3.22. The second-order valence-corrected chi connectivity index (χ2v) is 8.63. The van der Waals surface area contributed by atoms with E-state index >= 15 is 0 Å². The van der Waals surface area contributed by atoms with Crippen LogP contribution in [0.4, 0.5) is 4.39 Å². The smallest absolute Gasteiger partial charge is 0.214 e. The number of hydrogen-bond acceptors (Lipinski definition) is 5. The highest BCUT2D eigenvalue weighted by molar-refractivity contribution is 7.89. The number of aromatic nitrogens is 2. The second kappa shape index (κ2) is 7.34. The molecule has 0 spiro atoms. The van der Waals surface area contributed by atoms with Crippen LogP contribution in [0, 0.1) is 11.7 Å². The molecule has 9 heteroatoms. The Kier molecular flexibility index (Phi) is 5.31. The molecule has 0 radical (unpaired) electrons. The summed E-state index contributed by atoms with van der Waals surface area (Å²) in [6.07, 6.45) is 3.28. The van der Waals surface area contributed by atoms with Crippen molar-refractivity contribution in [3.8, 4) is 17.1 Å². The van der Waals surface area contributed by atoms with Gasteiger partial charge < -0.3 is 14.0 Å². The van der Waals surface area contributed by atoms with Crippen molar-refractivity contribution in [1.29, 1.82) is 0 Å². The Morgan fingerprint density at radius 3 is 2.85 bits per heavy atom. The normalized spacial score (nSPS) is 20.7. The lowest BCUT2D eigenvalue weighted by Gasteiger charge is -2.23. The maximum Gasteiger partial charge on any atom is 0.214 e. The summed E-state index contributed by atoms with van der Waals surface area (Å²) in [5.41, 5.74) is 0.251. The Morgan fingerprint density at radius 2 is 2.15 bits per heavy atom. The van der Waals surface area contributed by atoms with Gasteiger partial charge in [-0.05, 0) is 12.1 Å². The van der Waals surface area contributed by atoms with Crippen LogP contribution in [-0.2, 0) is 14.8 Å². The Balaban J connectivity index is 1.99. The van der Waals surface area contributed by atoms with Crippen LogP contribution in [0.1, 0.15) is 6.04 Å². The zero-order chi connectivity index (χ0) is 18.9. The minimum absolute atomic E-state index is 0.0449. The summed E-state index contributed by atoms with van der Waals surface area (Å²) in [6, 6.07) is 4.31. The van der Waals surface area contributed by atoms with Crippen LogP contribution in [0.3, 0.4) is 0 Å². The van der Waals surface area contributed by atoms with Crippen molar-refractivity contribution in [3.63, 3.8) is 0 Å². The summed E-state index contributed by atoms with van der Waals surface area (Å²) in [6.45, 7) is 0.664. The van der Waals surface area contributed by atoms with Gasteiger partial charge in [0.25, 0.3) is 0 Å². The lowest BCUT2D eigenvalue weighted by Crippen LogP contribution is -2.32. The quantitative estimate of drug-likeness (QED) is 0.760. The first kappa shape index (κ1) is 18.8. The van der Waals surface area contributed by atoms with Gasteiger partial charge in [-0.3, -0.25) is 0 Å². The van der Waals surface area contributed by atoms with Crippen LogP contribution >= 0.6 is 0 Å². The first-order valence-corrected chi connectivity index (χ1v) is 9.79. The molecule has 1 saturated heterocycles. The second-order valence-electron chi connectivity index (χ2n) is 6.40. The number of nitrogens with zero attached hydrogens (tertiary/aromatic N) is 3. The molecule has 26 heavy (non-hydrogen) atoms. The largest absolute Gasteiger partial charge is 0.496 e. The number of sulfonamides is 1. The van der Waals surface area contributed by atoms with E-state index in [1.54, 1.807) is 29.1 Å². The van der Waals surface area contributed by atoms with Crippen LogP contribution in [0.15, 0.2) is 30.6 Å². The molecule has 1 aromatic heterocycles. The molecule has 3 rings (SSSR count). The molecule has 2 aromatic rings. The van der Waals surface area contributed by atoms with Crippen LogP contribution in [0.2, 0.25) is 0 Å². The molecule has 1 aliphatic rings. The van der Waals surface area contributed by atoms with Crippen LogP contribution in [0.5, 0.6) is 5.75 Å². The van der Waals surface area contributed by atoms with Gasteiger partial charge in [0.2, 0.25) is 10.0 Å². The van der Waals surface area contributed by atoms with Gasteiger partial charge in [-0.25, -0.2) is 22.1 Å². The zero-order valence-corrected chi connectivity index (χ0v) is 15.7. The molecular formula is C17H22FN3O4S. The fourth-order valence-corrected chi connectivity index (χ4v) is 4.30. The van der Waals surface area contributed by atoms with Crippen molar-refractivity contribution < 1.29 is 22.3 Å². The summed E-state index contributed by atoms with van der Waals surface area (Å²) in [4.78, 5) is 4.29. The first-order valence-electron chi connectivity index (χ1n) is 8.18. The summed E-state index contributed by atoms with van der Waals surface area (Å²) >= 11 is 0. The standard InChI is InChI=1S/C17H22FN3O4S/c1-20(2)26(22,23)11-12-9-25-10-14(12)21-8-7-19-17(21)16-13(18)5-4-6-15(16)24-3/h4-8,12,14H,9-11H2,1-3H3/t12-,14+/m0/s1. The van der Waals surface area contributed by atoms with E-state index in [0.29, 0.717) is 24.8 Å². The van der Waals surface area contributed by atoms with Crippen molar-refractivity contribution >= 4 is 10.0 Å². The molecule has 0 saturated carbocycles. The number of rotatable bonds is 6. The molecule has 1 aromatic carbocycles. The molecule has 1 fully saturated rings. The van der Waals surface area contributed by atoms with Gasteiger partial charge in [0, 0.05) is 32.4 Å². The summed E-state index contributed by atoms with van der Waals surface area (Å²) in [5, 5.41) is 0. The Hall–Kier alpha value is -1.97. The average molecular weight is 383 g/mol. The Morgan fingerprint density at radius 1 is 1.38 bits per heavy atom. The highest BCUT2D eigenvalue weighted by Crippen LogP contribution is 2.36. The molecule has 0 unspecified atom stereocenters. The van der Waals surface area contributed by atoms with Crippen molar-refractivity contribution in [2.75, 3.05) is 40.2 Å². The van der Waals surface area contributed by atoms with Crippen molar-refractivity contribution in [2.45, 2.75) is 6.04 Å². The lowest BCUT2D eigenvalue weighted by atomic mass is 10.1. The van der Waals surface area contributed by atoms with Crippen LogP contribution < -0.4 is 4.74 Å². The molecular weight excluding hydrogens is 361 g/mol. The molecule has 1 aliphatic heterocycles. The highest BCUT2D eigenvalue weighted by Gasteiger charge is 2.36. The van der Waals surface area contributed by atoms with Gasteiger partial charge in [-0.2, -0.15) is 0 Å². The molecule has 2 heterocycles. The molecule has 142 valence electrons. The van der Waals surface area contributed by atoms with E-state index in [9.17, 15) is 12.8 Å². The van der Waals surface area contributed by atoms with E-state index < -0.39 is 15.8 Å². The predicted molar refractivity (Wildman–Crippen MR) is 95.0 cm³/mol. The van der Waals surface area contributed by atoms with Crippen molar-refractivity contribution in [2.24, 2.45) is 5.92 Å². The molecule has 0 N–H and O–H groups in total. The van der Waals surface area contributed by atoms with Crippen LogP contribution in [-0.4, -0.2) is 62.4 Å². The number of halogens is 1. The molecule has 7 nitrogen and oxygen atoms in total. The van der Waals surface area contributed by atoms with E-state index in [1.807, 2.05) is 0 Å². The highest BCUT2D eigenvalue weighted by atomic mass is 32.2. The van der Waals surface area contributed by atoms with E-state index in [4.69, 9.17) is 9.47 Å². The number of hydrogen-bond donors (Lipinski definition) is 0. The van der Waals surface area contributed by atoms with E-state index in [-0.39, 0.29) is 23.3 Å². The number of ether oxygens (including phenoxy) is 2. The third kappa shape index (κ3) is 3.46. The first-order chi connectivity index (χ1) is 12.3. The Bertz CT molecular complexity index is 882. The van der Waals surface area contributed by atoms with E-state index in [1.165, 1.54) is 31.6 Å². The number of methoxy groups -OCH3 is 1. The minimum atomic E-state index is -3.38. The topological polar surface area (TPSA) is 73.7 Å². The predicted octanol–water partition coefficient (Wildman–Crippen LogP) is 1.78. The van der Waals surface area contributed by atoms with Crippen molar-refractivity contribution in [3.05, 3.63) is 36.4 Å². The summed E-state index contributed by atoms with van der Waals surface area (Å²) in [7, 11) is 1.10. The van der Waals surface area contributed by atoms with Gasteiger partial charge in [0.05, 0.1) is 37.7 Å². The SMILES string of the molecule is COc1cccc(F)c1-c1nccn1[C@@H]1COC[C@H]1CS(=O)(=O)N(C)C. The monoisotopic (exact) mass is 383 g/mol. The van der Waals surface area contributed by atoms with Gasteiger partial charge in [0.1, 0.15) is 17.4 Å². The van der Waals surface area contributed by atoms with Crippen LogP contribution in [0.25, 0.3) is 11.4 Å².